The van der Waals surface area contributed by atoms with Crippen LogP contribution < -0.4 is 9.47 Å². The van der Waals surface area contributed by atoms with E-state index in [1.54, 1.807) is 30.3 Å². The molecule has 5 heteroatoms. The van der Waals surface area contributed by atoms with Crippen LogP contribution in [0.1, 0.15) is 11.1 Å². The molecular formula is C17H16O5. The molecule has 2 aromatic carbocycles. The van der Waals surface area contributed by atoms with Crippen molar-refractivity contribution in [3.63, 3.8) is 0 Å². The van der Waals surface area contributed by atoms with Gasteiger partial charge >= 0.3 is 5.97 Å². The zero-order valence-electron chi connectivity index (χ0n) is 12.2. The van der Waals surface area contributed by atoms with Crippen LogP contribution in [-0.2, 0) is 4.79 Å². The Balaban J connectivity index is 2.46. The molecule has 0 aliphatic heterocycles. The highest BCUT2D eigenvalue weighted by atomic mass is 16.5. The van der Waals surface area contributed by atoms with Crippen molar-refractivity contribution in [1.29, 1.82) is 0 Å². The molecule has 5 nitrogen and oxygen atoms in total. The molecule has 0 atom stereocenters. The molecule has 0 heterocycles. The predicted molar refractivity (Wildman–Crippen MR) is 83.2 cm³/mol. The topological polar surface area (TPSA) is 76.0 Å². The van der Waals surface area contributed by atoms with E-state index in [2.05, 4.69) is 0 Å². The van der Waals surface area contributed by atoms with Gasteiger partial charge in [-0.15, -0.1) is 0 Å². The van der Waals surface area contributed by atoms with Gasteiger partial charge in [0, 0.05) is 0 Å². The summed E-state index contributed by atoms with van der Waals surface area (Å²) in [6.07, 6.45) is 1.54. The molecule has 0 radical (unpaired) electrons. The lowest BCUT2D eigenvalue weighted by Gasteiger charge is -2.09. The molecule has 114 valence electrons. The Hall–Kier alpha value is -2.95. The average molecular weight is 300 g/mol. The number of ether oxygens (including phenoxy) is 2. The van der Waals surface area contributed by atoms with E-state index >= 15 is 0 Å². The maximum Gasteiger partial charge on any atom is 0.336 e. The van der Waals surface area contributed by atoms with Crippen molar-refractivity contribution in [1.82, 2.24) is 0 Å². The van der Waals surface area contributed by atoms with Gasteiger partial charge in [0.25, 0.3) is 0 Å². The minimum atomic E-state index is -1.06. The maximum atomic E-state index is 11.5. The van der Waals surface area contributed by atoms with Crippen LogP contribution in [0, 0.1) is 0 Å². The first kappa shape index (κ1) is 15.4. The lowest BCUT2D eigenvalue weighted by atomic mass is 10.0. The molecule has 0 unspecified atom stereocenters. The summed E-state index contributed by atoms with van der Waals surface area (Å²) in [7, 11) is 3.05. The summed E-state index contributed by atoms with van der Waals surface area (Å²) in [5, 5.41) is 18.7. The number of phenols is 1. The van der Waals surface area contributed by atoms with Gasteiger partial charge in [0.1, 0.15) is 5.75 Å². The normalized spacial score (nSPS) is 11.1. The fraction of sp³-hybridized carbons (Fsp3) is 0.118. The Bertz CT molecular complexity index is 701. The molecule has 2 aromatic rings. The Morgan fingerprint density at radius 3 is 2.18 bits per heavy atom. The summed E-state index contributed by atoms with van der Waals surface area (Å²) in [4.78, 5) is 11.5. The third-order valence-corrected chi connectivity index (χ3v) is 3.13. The molecule has 0 fully saturated rings. The number of hydrogen-bond acceptors (Lipinski definition) is 4. The van der Waals surface area contributed by atoms with Gasteiger partial charge in [0.15, 0.2) is 11.5 Å². The number of aliphatic carboxylic acids is 1. The zero-order valence-corrected chi connectivity index (χ0v) is 12.2. The number of methoxy groups -OCH3 is 2. The molecule has 22 heavy (non-hydrogen) atoms. The van der Waals surface area contributed by atoms with E-state index < -0.39 is 5.97 Å². The van der Waals surface area contributed by atoms with Crippen molar-refractivity contribution in [2.75, 3.05) is 14.2 Å². The second-order valence-corrected chi connectivity index (χ2v) is 4.52. The Morgan fingerprint density at radius 2 is 1.64 bits per heavy atom. The van der Waals surface area contributed by atoms with E-state index in [0.717, 1.165) is 0 Å². The van der Waals surface area contributed by atoms with Crippen LogP contribution >= 0.6 is 0 Å². The smallest absolute Gasteiger partial charge is 0.336 e. The number of benzene rings is 2. The van der Waals surface area contributed by atoms with Crippen molar-refractivity contribution in [2.45, 2.75) is 0 Å². The lowest BCUT2D eigenvalue weighted by Crippen LogP contribution is -1.99. The molecule has 0 bridgehead atoms. The van der Waals surface area contributed by atoms with Crippen molar-refractivity contribution >= 4 is 17.6 Å². The molecule has 0 amide bonds. The highest BCUT2D eigenvalue weighted by Crippen LogP contribution is 2.29. The molecule has 0 aliphatic carbocycles. The summed E-state index contributed by atoms with van der Waals surface area (Å²) >= 11 is 0. The van der Waals surface area contributed by atoms with E-state index in [1.165, 1.54) is 32.4 Å². The van der Waals surface area contributed by atoms with Crippen LogP contribution in [0.25, 0.3) is 11.6 Å². The van der Waals surface area contributed by atoms with Crippen LogP contribution in [-0.4, -0.2) is 30.4 Å². The summed E-state index contributed by atoms with van der Waals surface area (Å²) in [5.41, 5.74) is 1.29. The van der Waals surface area contributed by atoms with Crippen molar-refractivity contribution < 1.29 is 24.5 Å². The molecule has 0 aromatic heterocycles. The van der Waals surface area contributed by atoms with Crippen LogP contribution in [0.2, 0.25) is 0 Å². The van der Waals surface area contributed by atoms with Crippen LogP contribution in [0.5, 0.6) is 17.2 Å². The fourth-order valence-electron chi connectivity index (χ4n) is 2.02. The van der Waals surface area contributed by atoms with Gasteiger partial charge in [-0.25, -0.2) is 4.79 Å². The molecule has 0 spiro atoms. The van der Waals surface area contributed by atoms with Crippen LogP contribution in [0.15, 0.2) is 42.5 Å². The maximum absolute atomic E-state index is 11.5. The summed E-state index contributed by atoms with van der Waals surface area (Å²) in [5.74, 6) is 0.118. The van der Waals surface area contributed by atoms with Gasteiger partial charge < -0.3 is 19.7 Å². The van der Waals surface area contributed by atoms with Gasteiger partial charge in [-0.1, -0.05) is 18.2 Å². The minimum Gasteiger partial charge on any atom is -0.508 e. The number of hydrogen-bond donors (Lipinski definition) is 2. The standard InChI is InChI=1S/C17H16O5/c1-21-15-8-3-11(10-16(15)22-2)9-14(17(19)20)12-4-6-13(18)7-5-12/h3-10,18H,1-2H3,(H,19,20)/b14-9-. The monoisotopic (exact) mass is 300 g/mol. The molecule has 0 aliphatic rings. The predicted octanol–water partition coefficient (Wildman–Crippen LogP) is 3.03. The number of carboxylic acids is 1. The van der Waals surface area contributed by atoms with Gasteiger partial charge in [-0.3, -0.25) is 0 Å². The highest BCUT2D eigenvalue weighted by Gasteiger charge is 2.11. The third-order valence-electron chi connectivity index (χ3n) is 3.13. The first-order chi connectivity index (χ1) is 10.5. The van der Waals surface area contributed by atoms with Gasteiger partial charge in [-0.05, 0) is 41.5 Å². The second-order valence-electron chi connectivity index (χ2n) is 4.52. The number of carbonyl (C=O) groups is 1. The van der Waals surface area contributed by atoms with Crippen LogP contribution in [0.4, 0.5) is 0 Å². The fourth-order valence-corrected chi connectivity index (χ4v) is 2.02. The number of carboxylic acid groups (broad SMARTS) is 1. The zero-order chi connectivity index (χ0) is 16.1. The first-order valence-electron chi connectivity index (χ1n) is 6.51. The van der Waals surface area contributed by atoms with E-state index in [9.17, 15) is 15.0 Å². The number of phenolic OH excluding ortho intramolecular Hbond substituents is 1. The van der Waals surface area contributed by atoms with Crippen LogP contribution in [0.3, 0.4) is 0 Å². The molecule has 2 rings (SSSR count). The van der Waals surface area contributed by atoms with Gasteiger partial charge in [0.2, 0.25) is 0 Å². The number of rotatable bonds is 5. The molecule has 0 saturated carbocycles. The van der Waals surface area contributed by atoms with Crippen molar-refractivity contribution in [2.24, 2.45) is 0 Å². The second kappa shape index (κ2) is 6.67. The summed E-state index contributed by atoms with van der Waals surface area (Å²) < 4.78 is 10.4. The summed E-state index contributed by atoms with van der Waals surface area (Å²) in [6.45, 7) is 0. The molecule has 2 N–H and O–H groups in total. The number of aromatic hydroxyl groups is 1. The lowest BCUT2D eigenvalue weighted by molar-refractivity contribution is -0.130. The average Bonchev–Trinajstić information content (AvgIpc) is 2.53. The van der Waals surface area contributed by atoms with Gasteiger partial charge in [-0.2, -0.15) is 0 Å². The molecular weight excluding hydrogens is 284 g/mol. The van der Waals surface area contributed by atoms with Crippen molar-refractivity contribution in [3.05, 3.63) is 53.6 Å². The van der Waals surface area contributed by atoms with E-state index in [-0.39, 0.29) is 11.3 Å². The van der Waals surface area contributed by atoms with E-state index in [4.69, 9.17) is 9.47 Å². The Labute approximate surface area is 128 Å². The minimum absolute atomic E-state index is 0.0830. The largest absolute Gasteiger partial charge is 0.508 e. The molecule has 0 saturated heterocycles. The third kappa shape index (κ3) is 3.38. The first-order valence-corrected chi connectivity index (χ1v) is 6.51. The Morgan fingerprint density at radius 1 is 1.00 bits per heavy atom. The van der Waals surface area contributed by atoms with E-state index in [0.29, 0.717) is 22.6 Å². The van der Waals surface area contributed by atoms with Gasteiger partial charge in [0.05, 0.1) is 19.8 Å². The Kier molecular flexibility index (Phi) is 4.68. The quantitative estimate of drug-likeness (QED) is 0.655. The highest BCUT2D eigenvalue weighted by molar-refractivity contribution is 6.20. The SMILES string of the molecule is COc1ccc(/C=C(\C(=O)O)c2ccc(O)cc2)cc1OC. The van der Waals surface area contributed by atoms with Crippen molar-refractivity contribution in [3.8, 4) is 17.2 Å². The van der Waals surface area contributed by atoms with E-state index in [1.807, 2.05) is 0 Å². The summed E-state index contributed by atoms with van der Waals surface area (Å²) in [6, 6.07) is 11.1.